The highest BCUT2D eigenvalue weighted by molar-refractivity contribution is 5.99. The number of nitrogens with zero attached hydrogens (tertiary/aromatic N) is 1. The van der Waals surface area contributed by atoms with E-state index in [0.717, 1.165) is 25.7 Å². The number of para-hydroxylation sites is 1. The van der Waals surface area contributed by atoms with Crippen LogP contribution >= 0.6 is 0 Å². The summed E-state index contributed by atoms with van der Waals surface area (Å²) in [5.74, 6) is -0.428. The van der Waals surface area contributed by atoms with Crippen LogP contribution in [0.4, 0.5) is 10.5 Å². The van der Waals surface area contributed by atoms with E-state index in [-0.39, 0.29) is 17.9 Å². The molecule has 0 aromatic heterocycles. The summed E-state index contributed by atoms with van der Waals surface area (Å²) < 4.78 is 10.5. The second-order valence-electron chi connectivity index (χ2n) is 10.5. The third-order valence-electron chi connectivity index (χ3n) is 6.04. The molecule has 3 amide bonds. The van der Waals surface area contributed by atoms with Gasteiger partial charge in [-0.05, 0) is 64.4 Å². The van der Waals surface area contributed by atoms with Crippen LogP contribution < -0.4 is 15.4 Å². The second kappa shape index (κ2) is 15.0. The number of carbonyl (C=O) groups is 3. The van der Waals surface area contributed by atoms with Crippen molar-refractivity contribution in [2.24, 2.45) is 0 Å². The minimum Gasteiger partial charge on any atom is -0.508 e. The van der Waals surface area contributed by atoms with Crippen molar-refractivity contribution in [2.45, 2.75) is 84.4 Å². The van der Waals surface area contributed by atoms with Gasteiger partial charge < -0.3 is 30.1 Å². The number of carbonyl (C=O) groups excluding carboxylic acids is 3. The average Bonchev–Trinajstić information content (AvgIpc) is 2.87. The first-order valence-electron chi connectivity index (χ1n) is 13.5. The zero-order valence-electron chi connectivity index (χ0n) is 24.0. The molecule has 2 aromatic rings. The highest BCUT2D eigenvalue weighted by atomic mass is 16.6. The number of rotatable bonds is 13. The van der Waals surface area contributed by atoms with Crippen molar-refractivity contribution in [2.75, 3.05) is 19.0 Å². The molecule has 0 bridgehead atoms. The summed E-state index contributed by atoms with van der Waals surface area (Å²) >= 11 is 0. The van der Waals surface area contributed by atoms with E-state index in [9.17, 15) is 19.5 Å². The Morgan fingerprint density at radius 3 is 2.21 bits per heavy atom. The standard InChI is InChI=1S/C30H43N3O6/c1-7-8-9-10-13-20-33(28(36)21(2)31-29(37)39-30(3,4)5)26(24-14-11-12-15-25(24)34)27(35)32-22-16-18-23(38-6)19-17-22/h11-12,14-19,21,26,34H,7-10,13,20H2,1-6H3,(H,31,37)(H,32,35). The third-order valence-corrected chi connectivity index (χ3v) is 6.04. The topological polar surface area (TPSA) is 117 Å². The van der Waals surface area contributed by atoms with Crippen molar-refractivity contribution in [3.8, 4) is 11.5 Å². The number of nitrogens with one attached hydrogen (secondary N) is 2. The van der Waals surface area contributed by atoms with Crippen LogP contribution in [0, 0.1) is 0 Å². The molecule has 0 aliphatic carbocycles. The molecular weight excluding hydrogens is 498 g/mol. The van der Waals surface area contributed by atoms with Gasteiger partial charge in [-0.15, -0.1) is 0 Å². The van der Waals surface area contributed by atoms with E-state index in [1.165, 1.54) is 11.0 Å². The zero-order valence-corrected chi connectivity index (χ0v) is 24.0. The number of phenolic OH excluding ortho intramolecular Hbond substituents is 1. The van der Waals surface area contributed by atoms with Gasteiger partial charge in [-0.25, -0.2) is 4.79 Å². The molecule has 0 heterocycles. The van der Waals surface area contributed by atoms with E-state index in [2.05, 4.69) is 17.6 Å². The Kier molecular flexibility index (Phi) is 12.1. The summed E-state index contributed by atoms with van der Waals surface area (Å²) in [6.07, 6.45) is 3.95. The first-order valence-corrected chi connectivity index (χ1v) is 13.5. The van der Waals surface area contributed by atoms with Gasteiger partial charge in [-0.2, -0.15) is 0 Å². The zero-order chi connectivity index (χ0) is 29.0. The fourth-order valence-electron chi connectivity index (χ4n) is 4.10. The van der Waals surface area contributed by atoms with Gasteiger partial charge in [0.05, 0.1) is 7.11 Å². The summed E-state index contributed by atoms with van der Waals surface area (Å²) in [5, 5.41) is 16.2. The van der Waals surface area contributed by atoms with E-state index < -0.39 is 35.6 Å². The minimum absolute atomic E-state index is 0.107. The summed E-state index contributed by atoms with van der Waals surface area (Å²) in [5.41, 5.74) is 0.0639. The van der Waals surface area contributed by atoms with Gasteiger partial charge in [0.15, 0.2) is 0 Å². The van der Waals surface area contributed by atoms with Crippen molar-refractivity contribution < 1.29 is 29.0 Å². The van der Waals surface area contributed by atoms with Gasteiger partial charge in [0.2, 0.25) is 5.91 Å². The van der Waals surface area contributed by atoms with Gasteiger partial charge in [0.1, 0.15) is 29.2 Å². The number of unbranched alkanes of at least 4 members (excludes halogenated alkanes) is 4. The molecule has 0 aliphatic rings. The number of ether oxygens (including phenoxy) is 2. The highest BCUT2D eigenvalue weighted by Crippen LogP contribution is 2.31. The monoisotopic (exact) mass is 541 g/mol. The number of amides is 3. The van der Waals surface area contributed by atoms with Crippen LogP contribution in [0.25, 0.3) is 0 Å². The van der Waals surface area contributed by atoms with Crippen molar-refractivity contribution in [1.82, 2.24) is 10.2 Å². The maximum absolute atomic E-state index is 13.8. The lowest BCUT2D eigenvalue weighted by Crippen LogP contribution is -2.51. The summed E-state index contributed by atoms with van der Waals surface area (Å²) in [6.45, 7) is 9.15. The van der Waals surface area contributed by atoms with Crippen LogP contribution in [0.3, 0.4) is 0 Å². The Labute approximate surface area is 231 Å². The Morgan fingerprint density at radius 1 is 0.974 bits per heavy atom. The molecule has 214 valence electrons. The second-order valence-corrected chi connectivity index (χ2v) is 10.5. The van der Waals surface area contributed by atoms with E-state index >= 15 is 0 Å². The van der Waals surface area contributed by atoms with E-state index in [1.807, 2.05) is 0 Å². The summed E-state index contributed by atoms with van der Waals surface area (Å²) in [4.78, 5) is 41.4. The van der Waals surface area contributed by atoms with Crippen LogP contribution in [-0.4, -0.2) is 53.2 Å². The first-order chi connectivity index (χ1) is 18.5. The molecule has 0 fully saturated rings. The van der Waals surface area contributed by atoms with Crippen molar-refractivity contribution >= 4 is 23.6 Å². The molecule has 3 N–H and O–H groups in total. The van der Waals surface area contributed by atoms with Crippen molar-refractivity contribution in [3.05, 3.63) is 54.1 Å². The van der Waals surface area contributed by atoms with Crippen molar-refractivity contribution in [3.63, 3.8) is 0 Å². The smallest absolute Gasteiger partial charge is 0.408 e. The third kappa shape index (κ3) is 10.1. The SMILES string of the molecule is CCCCCCCN(C(=O)C(C)NC(=O)OC(C)(C)C)C(C(=O)Nc1ccc(OC)cc1)c1ccccc1O. The first kappa shape index (κ1) is 31.5. The van der Waals surface area contributed by atoms with Gasteiger partial charge in [0, 0.05) is 17.8 Å². The lowest BCUT2D eigenvalue weighted by molar-refractivity contribution is -0.140. The predicted octanol–water partition coefficient (Wildman–Crippen LogP) is 5.79. The van der Waals surface area contributed by atoms with E-state index in [4.69, 9.17) is 9.47 Å². The Morgan fingerprint density at radius 2 is 1.62 bits per heavy atom. The van der Waals surface area contributed by atoms with Gasteiger partial charge in [-0.3, -0.25) is 9.59 Å². The Balaban J connectivity index is 2.41. The molecular formula is C30H43N3O6. The number of benzene rings is 2. The van der Waals surface area contributed by atoms with Gasteiger partial charge in [-0.1, -0.05) is 50.8 Å². The van der Waals surface area contributed by atoms with Crippen LogP contribution in [-0.2, 0) is 14.3 Å². The van der Waals surface area contributed by atoms with Crippen molar-refractivity contribution in [1.29, 1.82) is 0 Å². The van der Waals surface area contributed by atoms with E-state index in [0.29, 0.717) is 17.9 Å². The molecule has 2 aromatic carbocycles. The lowest BCUT2D eigenvalue weighted by atomic mass is 10.0. The van der Waals surface area contributed by atoms with Crippen LogP contribution in [0.1, 0.15) is 78.3 Å². The number of methoxy groups -OCH3 is 1. The van der Waals surface area contributed by atoms with Crippen LogP contribution in [0.2, 0.25) is 0 Å². The normalized spacial score (nSPS) is 12.7. The maximum Gasteiger partial charge on any atom is 0.408 e. The maximum atomic E-state index is 13.8. The number of anilines is 1. The van der Waals surface area contributed by atoms with Gasteiger partial charge in [0.25, 0.3) is 5.91 Å². The van der Waals surface area contributed by atoms with Crippen LogP contribution in [0.15, 0.2) is 48.5 Å². The molecule has 2 rings (SSSR count). The van der Waals surface area contributed by atoms with Gasteiger partial charge >= 0.3 is 6.09 Å². The minimum atomic E-state index is -1.14. The molecule has 2 atom stereocenters. The number of aromatic hydroxyl groups is 1. The fourth-order valence-corrected chi connectivity index (χ4v) is 4.10. The number of phenols is 1. The molecule has 0 saturated heterocycles. The largest absolute Gasteiger partial charge is 0.508 e. The fraction of sp³-hybridized carbons (Fsp3) is 0.500. The molecule has 9 heteroatoms. The number of hydrogen-bond donors (Lipinski definition) is 3. The average molecular weight is 542 g/mol. The molecule has 0 saturated carbocycles. The summed E-state index contributed by atoms with van der Waals surface area (Å²) in [6, 6.07) is 11.2. The lowest BCUT2D eigenvalue weighted by Gasteiger charge is -2.34. The number of alkyl carbamates (subject to hydrolysis) is 1. The molecule has 0 spiro atoms. The molecule has 2 unspecified atom stereocenters. The number of hydrogen-bond acceptors (Lipinski definition) is 6. The Hall–Kier alpha value is -3.75. The van der Waals surface area contributed by atoms with E-state index in [1.54, 1.807) is 77.3 Å². The Bertz CT molecular complexity index is 1080. The highest BCUT2D eigenvalue weighted by Gasteiger charge is 2.36. The predicted molar refractivity (Wildman–Crippen MR) is 152 cm³/mol. The van der Waals surface area contributed by atoms with Crippen LogP contribution in [0.5, 0.6) is 11.5 Å². The quantitative estimate of drug-likeness (QED) is 0.276. The molecule has 0 radical (unpaired) electrons. The molecule has 9 nitrogen and oxygen atoms in total. The summed E-state index contributed by atoms with van der Waals surface area (Å²) in [7, 11) is 1.55. The molecule has 0 aliphatic heterocycles. The molecule has 39 heavy (non-hydrogen) atoms.